The molecule has 0 bridgehead atoms. The molecule has 0 N–H and O–H groups in total. The van der Waals surface area contributed by atoms with Crippen molar-refractivity contribution in [1.29, 1.82) is 0 Å². The van der Waals surface area contributed by atoms with Crippen molar-refractivity contribution in [3.63, 3.8) is 0 Å². The first-order valence-corrected chi connectivity index (χ1v) is 9.31. The molecule has 1 fully saturated rings. The molecule has 3 aromatic rings. The number of pyridine rings is 1. The van der Waals surface area contributed by atoms with Gasteiger partial charge in [-0.15, -0.1) is 0 Å². The second kappa shape index (κ2) is 7.84. The van der Waals surface area contributed by atoms with Crippen molar-refractivity contribution in [2.75, 3.05) is 26.2 Å². The Bertz CT molecular complexity index is 945. The van der Waals surface area contributed by atoms with E-state index < -0.39 is 0 Å². The number of rotatable bonds is 3. The number of aromatic nitrogens is 1. The molecule has 2 heterocycles. The maximum Gasteiger partial charge on any atom is 0.254 e. The third kappa shape index (κ3) is 3.83. The lowest BCUT2D eigenvalue weighted by molar-refractivity contribution is 0.0763. The number of carbonyl (C=O) groups excluding carboxylic acids is 1. The van der Waals surface area contributed by atoms with Gasteiger partial charge in [-0.25, -0.2) is 4.39 Å². The van der Waals surface area contributed by atoms with Gasteiger partial charge < -0.3 is 4.90 Å². The zero-order valence-corrected chi connectivity index (χ0v) is 15.1. The lowest BCUT2D eigenvalue weighted by Crippen LogP contribution is -2.35. The summed E-state index contributed by atoms with van der Waals surface area (Å²) in [6.07, 6.45) is 2.72. The molecule has 0 radical (unpaired) electrons. The maximum atomic E-state index is 14.1. The summed E-state index contributed by atoms with van der Waals surface area (Å²) in [4.78, 5) is 21.7. The highest BCUT2D eigenvalue weighted by Gasteiger charge is 2.22. The molecular formula is C22H22FN3O. The van der Waals surface area contributed by atoms with Crippen LogP contribution in [0.1, 0.15) is 22.5 Å². The van der Waals surface area contributed by atoms with E-state index >= 15 is 0 Å². The van der Waals surface area contributed by atoms with E-state index in [1.165, 1.54) is 6.07 Å². The summed E-state index contributed by atoms with van der Waals surface area (Å²) in [7, 11) is 0. The largest absolute Gasteiger partial charge is 0.337 e. The molecule has 0 saturated carbocycles. The summed E-state index contributed by atoms with van der Waals surface area (Å²) in [5.74, 6) is -0.314. The first-order chi connectivity index (χ1) is 13.2. The smallest absolute Gasteiger partial charge is 0.254 e. The molecule has 5 heteroatoms. The highest BCUT2D eigenvalue weighted by molar-refractivity contribution is 6.07. The van der Waals surface area contributed by atoms with E-state index in [1.807, 2.05) is 41.4 Å². The summed E-state index contributed by atoms with van der Waals surface area (Å²) in [5.41, 5.74) is 1.62. The Kier molecular flexibility index (Phi) is 5.12. The zero-order chi connectivity index (χ0) is 18.6. The van der Waals surface area contributed by atoms with Crippen LogP contribution in [0.25, 0.3) is 10.8 Å². The Morgan fingerprint density at radius 1 is 0.926 bits per heavy atom. The normalized spacial score (nSPS) is 15.7. The van der Waals surface area contributed by atoms with Crippen LogP contribution in [0.15, 0.2) is 60.8 Å². The SMILES string of the molecule is O=C(c1ccc(F)c2ccccc12)N1CCCN(Cc2ccccn2)CC1. The number of fused-ring (bicyclic) bond motifs is 1. The van der Waals surface area contributed by atoms with Gasteiger partial charge in [-0.05, 0) is 36.1 Å². The standard InChI is InChI=1S/C22H22FN3O/c23-21-10-9-20(18-7-1-2-8-19(18)21)22(27)26-13-5-12-25(14-15-26)16-17-6-3-4-11-24-17/h1-4,6-11H,5,12-16H2. The van der Waals surface area contributed by atoms with Gasteiger partial charge in [0.2, 0.25) is 0 Å². The topological polar surface area (TPSA) is 36.4 Å². The minimum atomic E-state index is -0.292. The minimum absolute atomic E-state index is 0.0223. The molecule has 2 aromatic carbocycles. The number of nitrogens with zero attached hydrogens (tertiary/aromatic N) is 3. The van der Waals surface area contributed by atoms with Crippen molar-refractivity contribution in [3.8, 4) is 0 Å². The van der Waals surface area contributed by atoms with Crippen LogP contribution in [-0.2, 0) is 6.54 Å². The predicted octanol–water partition coefficient (Wildman–Crippen LogP) is 3.72. The van der Waals surface area contributed by atoms with Gasteiger partial charge in [0.1, 0.15) is 5.82 Å². The van der Waals surface area contributed by atoms with Crippen molar-refractivity contribution < 1.29 is 9.18 Å². The van der Waals surface area contributed by atoms with Gasteiger partial charge in [-0.2, -0.15) is 0 Å². The molecule has 27 heavy (non-hydrogen) atoms. The lowest BCUT2D eigenvalue weighted by atomic mass is 10.0. The highest BCUT2D eigenvalue weighted by Crippen LogP contribution is 2.23. The molecule has 1 saturated heterocycles. The Morgan fingerprint density at radius 3 is 2.56 bits per heavy atom. The monoisotopic (exact) mass is 363 g/mol. The third-order valence-electron chi connectivity index (χ3n) is 5.09. The summed E-state index contributed by atoms with van der Waals surface area (Å²) < 4.78 is 14.1. The fraction of sp³-hybridized carbons (Fsp3) is 0.273. The van der Waals surface area contributed by atoms with Crippen molar-refractivity contribution in [3.05, 3.63) is 77.9 Å². The Labute approximate surface area is 158 Å². The quantitative estimate of drug-likeness (QED) is 0.712. The zero-order valence-electron chi connectivity index (χ0n) is 15.1. The molecule has 1 aliphatic rings. The molecule has 0 atom stereocenters. The van der Waals surface area contributed by atoms with E-state index in [4.69, 9.17) is 0 Å². The van der Waals surface area contributed by atoms with Crippen LogP contribution in [0.4, 0.5) is 4.39 Å². The van der Waals surface area contributed by atoms with Crippen LogP contribution in [0.3, 0.4) is 0 Å². The third-order valence-corrected chi connectivity index (χ3v) is 5.09. The summed E-state index contributed by atoms with van der Waals surface area (Å²) >= 11 is 0. The summed E-state index contributed by atoms with van der Waals surface area (Å²) in [6, 6.07) is 16.1. The average Bonchev–Trinajstić information content (AvgIpc) is 2.94. The van der Waals surface area contributed by atoms with Gasteiger partial charge in [0, 0.05) is 49.9 Å². The van der Waals surface area contributed by atoms with E-state index in [0.717, 1.165) is 31.7 Å². The first-order valence-electron chi connectivity index (χ1n) is 9.31. The van der Waals surface area contributed by atoms with Gasteiger partial charge in [-0.1, -0.05) is 30.3 Å². The van der Waals surface area contributed by atoms with E-state index in [2.05, 4.69) is 9.88 Å². The number of hydrogen-bond acceptors (Lipinski definition) is 3. The van der Waals surface area contributed by atoms with Gasteiger partial charge in [0.15, 0.2) is 0 Å². The minimum Gasteiger partial charge on any atom is -0.337 e. The van der Waals surface area contributed by atoms with Crippen molar-refractivity contribution in [2.24, 2.45) is 0 Å². The molecular weight excluding hydrogens is 341 g/mol. The van der Waals surface area contributed by atoms with Crippen LogP contribution in [0.5, 0.6) is 0 Å². The molecule has 0 unspecified atom stereocenters. The van der Waals surface area contributed by atoms with Crippen LogP contribution in [0, 0.1) is 5.82 Å². The number of hydrogen-bond donors (Lipinski definition) is 0. The average molecular weight is 363 g/mol. The fourth-order valence-electron chi connectivity index (χ4n) is 3.67. The molecule has 1 aromatic heterocycles. The second-order valence-corrected chi connectivity index (χ2v) is 6.88. The van der Waals surface area contributed by atoms with E-state index in [-0.39, 0.29) is 11.7 Å². The van der Waals surface area contributed by atoms with E-state index in [0.29, 0.717) is 29.4 Å². The Hall–Kier alpha value is -2.79. The number of benzene rings is 2. The molecule has 4 nitrogen and oxygen atoms in total. The van der Waals surface area contributed by atoms with Gasteiger partial charge in [0.05, 0.1) is 5.69 Å². The molecule has 1 amide bonds. The van der Waals surface area contributed by atoms with E-state index in [9.17, 15) is 9.18 Å². The van der Waals surface area contributed by atoms with Crippen molar-refractivity contribution in [1.82, 2.24) is 14.8 Å². The van der Waals surface area contributed by atoms with Gasteiger partial charge in [0.25, 0.3) is 5.91 Å². The molecule has 1 aliphatic heterocycles. The van der Waals surface area contributed by atoms with Crippen LogP contribution >= 0.6 is 0 Å². The van der Waals surface area contributed by atoms with Crippen LogP contribution in [0.2, 0.25) is 0 Å². The molecule has 0 spiro atoms. The van der Waals surface area contributed by atoms with Crippen molar-refractivity contribution in [2.45, 2.75) is 13.0 Å². The Balaban J connectivity index is 1.50. The number of carbonyl (C=O) groups is 1. The van der Waals surface area contributed by atoms with Gasteiger partial charge in [-0.3, -0.25) is 14.7 Å². The first kappa shape index (κ1) is 17.6. The van der Waals surface area contributed by atoms with Crippen LogP contribution in [-0.4, -0.2) is 46.9 Å². The predicted molar refractivity (Wildman–Crippen MR) is 104 cm³/mol. The lowest BCUT2D eigenvalue weighted by Gasteiger charge is -2.22. The molecule has 4 rings (SSSR count). The van der Waals surface area contributed by atoms with Crippen LogP contribution < -0.4 is 0 Å². The van der Waals surface area contributed by atoms with Gasteiger partial charge >= 0.3 is 0 Å². The fourth-order valence-corrected chi connectivity index (χ4v) is 3.67. The number of amides is 1. The summed E-state index contributed by atoms with van der Waals surface area (Å²) in [5, 5.41) is 1.17. The van der Waals surface area contributed by atoms with E-state index in [1.54, 1.807) is 18.2 Å². The number of halogens is 1. The summed E-state index contributed by atoms with van der Waals surface area (Å²) in [6.45, 7) is 3.91. The highest BCUT2D eigenvalue weighted by atomic mass is 19.1. The maximum absolute atomic E-state index is 14.1. The Morgan fingerprint density at radius 2 is 1.74 bits per heavy atom. The second-order valence-electron chi connectivity index (χ2n) is 6.88. The molecule has 0 aliphatic carbocycles. The van der Waals surface area contributed by atoms with Crippen molar-refractivity contribution >= 4 is 16.7 Å². The molecule has 138 valence electrons.